The van der Waals surface area contributed by atoms with Gasteiger partial charge in [-0.1, -0.05) is 17.4 Å². The second-order valence-electron chi connectivity index (χ2n) is 7.60. The molecule has 0 radical (unpaired) electrons. The molecule has 0 aliphatic heterocycles. The van der Waals surface area contributed by atoms with E-state index < -0.39 is 0 Å². The Balaban J connectivity index is 1.36. The van der Waals surface area contributed by atoms with Gasteiger partial charge in [-0.3, -0.25) is 14.3 Å². The smallest absolute Gasteiger partial charge is 0.267 e. The fourth-order valence-corrected chi connectivity index (χ4v) is 3.96. The Kier molecular flexibility index (Phi) is 5.90. The second kappa shape index (κ2) is 8.76. The van der Waals surface area contributed by atoms with Gasteiger partial charge in [0, 0.05) is 23.9 Å². The van der Waals surface area contributed by atoms with Gasteiger partial charge in [0.05, 0.1) is 11.9 Å². The fraction of sp³-hybridized carbons (Fsp3) is 0.333. The number of benzene rings is 1. The number of carbonyl (C=O) groups is 2. The molecule has 0 atom stereocenters. The molecule has 9 nitrogen and oxygen atoms in total. The summed E-state index contributed by atoms with van der Waals surface area (Å²) in [5.74, 6) is 0.313. The summed E-state index contributed by atoms with van der Waals surface area (Å²) >= 11 is 1.19. The molecule has 0 unspecified atom stereocenters. The first-order valence-electron chi connectivity index (χ1n) is 10.1. The molecule has 2 aromatic heterocycles. The lowest BCUT2D eigenvalue weighted by molar-refractivity contribution is -0.123. The number of rotatable bonds is 7. The first kappa shape index (κ1) is 20.9. The number of phenolic OH excluding ortho intramolecular Hbond substituents is 1. The Bertz CT molecular complexity index is 1120. The summed E-state index contributed by atoms with van der Waals surface area (Å²) in [6.07, 6.45) is 6.46. The first-order chi connectivity index (χ1) is 14.9. The lowest BCUT2D eigenvalue weighted by Crippen LogP contribution is -2.41. The zero-order valence-corrected chi connectivity index (χ0v) is 18.1. The van der Waals surface area contributed by atoms with Crippen LogP contribution in [0.5, 0.6) is 5.75 Å². The van der Waals surface area contributed by atoms with Gasteiger partial charge in [-0.15, -0.1) is 0 Å². The van der Waals surface area contributed by atoms with Crippen molar-refractivity contribution in [2.75, 3.05) is 10.6 Å². The quantitative estimate of drug-likeness (QED) is 0.447. The Morgan fingerprint density at radius 2 is 2.06 bits per heavy atom. The van der Waals surface area contributed by atoms with E-state index in [9.17, 15) is 14.7 Å². The van der Waals surface area contributed by atoms with Gasteiger partial charge in [-0.25, -0.2) is 4.98 Å². The molecular weight excluding hydrogens is 416 g/mol. The number of nitrogens with zero attached hydrogens (tertiary/aromatic N) is 3. The summed E-state index contributed by atoms with van der Waals surface area (Å²) in [5.41, 5.74) is 2.06. The number of phenols is 1. The zero-order chi connectivity index (χ0) is 22.0. The summed E-state index contributed by atoms with van der Waals surface area (Å²) in [5, 5.41) is 23.6. The second-order valence-corrected chi connectivity index (χ2v) is 8.63. The third-order valence-corrected chi connectivity index (χ3v) is 6.18. The van der Waals surface area contributed by atoms with Gasteiger partial charge in [-0.2, -0.15) is 5.10 Å². The molecule has 2 heterocycles. The van der Waals surface area contributed by atoms with E-state index in [1.165, 1.54) is 24.0 Å². The minimum Gasteiger partial charge on any atom is -0.508 e. The van der Waals surface area contributed by atoms with Crippen LogP contribution in [-0.2, 0) is 11.3 Å². The van der Waals surface area contributed by atoms with Crippen LogP contribution in [0.25, 0.3) is 0 Å². The van der Waals surface area contributed by atoms with Gasteiger partial charge in [0.15, 0.2) is 10.9 Å². The molecule has 0 spiro atoms. The monoisotopic (exact) mass is 440 g/mol. The number of aryl methyl sites for hydroxylation is 1. The average molecular weight is 441 g/mol. The average Bonchev–Trinajstić information content (AvgIpc) is 3.35. The van der Waals surface area contributed by atoms with Gasteiger partial charge < -0.3 is 21.1 Å². The van der Waals surface area contributed by atoms with Crippen LogP contribution in [-0.4, -0.2) is 37.7 Å². The van der Waals surface area contributed by atoms with Crippen molar-refractivity contribution in [1.82, 2.24) is 20.1 Å². The van der Waals surface area contributed by atoms with Crippen LogP contribution in [0.15, 0.2) is 30.6 Å². The van der Waals surface area contributed by atoms with Crippen LogP contribution in [0.4, 0.5) is 16.6 Å². The van der Waals surface area contributed by atoms with Crippen molar-refractivity contribution in [3.8, 4) is 5.75 Å². The number of amides is 2. The number of nitrogens with one attached hydrogen (secondary N) is 3. The molecule has 10 heteroatoms. The highest BCUT2D eigenvalue weighted by Crippen LogP contribution is 2.29. The summed E-state index contributed by atoms with van der Waals surface area (Å²) < 4.78 is 1.56. The van der Waals surface area contributed by atoms with Crippen LogP contribution < -0.4 is 16.0 Å². The van der Waals surface area contributed by atoms with Crippen LogP contribution in [0, 0.1) is 13.8 Å². The summed E-state index contributed by atoms with van der Waals surface area (Å²) in [4.78, 5) is 29.3. The third kappa shape index (κ3) is 4.85. The number of aromatic hydroxyl groups is 1. The molecule has 1 saturated carbocycles. The highest BCUT2D eigenvalue weighted by Gasteiger charge is 2.19. The maximum Gasteiger partial charge on any atom is 0.267 e. The minimum absolute atomic E-state index is 0.0508. The molecule has 1 aliphatic carbocycles. The summed E-state index contributed by atoms with van der Waals surface area (Å²) in [6.45, 7) is 3.78. The van der Waals surface area contributed by atoms with E-state index in [4.69, 9.17) is 0 Å². The highest BCUT2D eigenvalue weighted by atomic mass is 32.1. The lowest BCUT2D eigenvalue weighted by atomic mass is 9.93. The van der Waals surface area contributed by atoms with E-state index in [0.717, 1.165) is 18.4 Å². The lowest BCUT2D eigenvalue weighted by Gasteiger charge is -2.26. The van der Waals surface area contributed by atoms with E-state index in [0.29, 0.717) is 33.1 Å². The Morgan fingerprint density at radius 3 is 2.81 bits per heavy atom. The maximum absolute atomic E-state index is 12.6. The van der Waals surface area contributed by atoms with E-state index in [-0.39, 0.29) is 24.1 Å². The van der Waals surface area contributed by atoms with Gasteiger partial charge in [0.25, 0.3) is 5.91 Å². The van der Waals surface area contributed by atoms with Gasteiger partial charge in [-0.05, 0) is 44.7 Å². The van der Waals surface area contributed by atoms with Crippen molar-refractivity contribution in [2.24, 2.45) is 0 Å². The number of anilines is 3. The van der Waals surface area contributed by atoms with Crippen LogP contribution >= 0.6 is 11.3 Å². The molecule has 0 saturated heterocycles. The molecule has 0 bridgehead atoms. The molecule has 4 N–H and O–H groups in total. The predicted octanol–water partition coefficient (Wildman–Crippen LogP) is 3.33. The van der Waals surface area contributed by atoms with Gasteiger partial charge in [0.2, 0.25) is 5.91 Å². The van der Waals surface area contributed by atoms with Crippen molar-refractivity contribution >= 4 is 39.8 Å². The van der Waals surface area contributed by atoms with E-state index >= 15 is 0 Å². The summed E-state index contributed by atoms with van der Waals surface area (Å²) in [7, 11) is 0. The largest absolute Gasteiger partial charge is 0.508 e. The summed E-state index contributed by atoms with van der Waals surface area (Å²) in [6, 6.07) is 5.40. The molecule has 1 fully saturated rings. The number of thiazole rings is 1. The SMILES string of the molecule is Cc1ccc(O)c(C)c1NC(=O)c1cnc(Nc2ccn(CC(=O)NC3CCC3)n2)s1. The number of hydrogen-bond donors (Lipinski definition) is 4. The van der Waals surface area contributed by atoms with E-state index in [1.54, 1.807) is 36.0 Å². The Morgan fingerprint density at radius 1 is 1.26 bits per heavy atom. The molecule has 31 heavy (non-hydrogen) atoms. The first-order valence-corrected chi connectivity index (χ1v) is 10.9. The molecule has 1 aliphatic rings. The van der Waals surface area contributed by atoms with Crippen LogP contribution in [0.3, 0.4) is 0 Å². The van der Waals surface area contributed by atoms with Crippen LogP contribution in [0.1, 0.15) is 40.1 Å². The van der Waals surface area contributed by atoms with Gasteiger partial charge >= 0.3 is 0 Å². The third-order valence-electron chi connectivity index (χ3n) is 5.26. The number of aromatic nitrogens is 3. The Hall–Kier alpha value is -3.40. The Labute approximate surface area is 183 Å². The zero-order valence-electron chi connectivity index (χ0n) is 17.3. The molecule has 3 aromatic rings. The standard InChI is InChI=1S/C21H24N6O3S/c1-12-6-7-15(28)13(2)19(12)25-20(30)16-10-22-21(31-16)24-17-8-9-27(26-17)11-18(29)23-14-4-3-5-14/h6-10,14,28H,3-5,11H2,1-2H3,(H,23,29)(H,25,30)(H,22,24,26). The minimum atomic E-state index is -0.305. The maximum atomic E-state index is 12.6. The van der Waals surface area contributed by atoms with E-state index in [2.05, 4.69) is 26.0 Å². The topological polar surface area (TPSA) is 121 Å². The van der Waals surface area contributed by atoms with Crippen molar-refractivity contribution in [1.29, 1.82) is 0 Å². The van der Waals surface area contributed by atoms with Crippen molar-refractivity contribution < 1.29 is 14.7 Å². The van der Waals surface area contributed by atoms with Crippen LogP contribution in [0.2, 0.25) is 0 Å². The molecular formula is C21H24N6O3S. The fourth-order valence-electron chi connectivity index (χ4n) is 3.24. The highest BCUT2D eigenvalue weighted by molar-refractivity contribution is 7.17. The van der Waals surface area contributed by atoms with Crippen molar-refractivity contribution in [3.05, 3.63) is 46.6 Å². The number of carbonyl (C=O) groups excluding carboxylic acids is 2. The van der Waals surface area contributed by atoms with E-state index in [1.807, 2.05) is 6.92 Å². The normalized spacial score (nSPS) is 13.5. The molecule has 1 aromatic carbocycles. The van der Waals surface area contributed by atoms with Crippen molar-refractivity contribution in [2.45, 2.75) is 45.7 Å². The predicted molar refractivity (Wildman–Crippen MR) is 119 cm³/mol. The van der Waals surface area contributed by atoms with Gasteiger partial charge in [0.1, 0.15) is 17.2 Å². The molecule has 2 amide bonds. The van der Waals surface area contributed by atoms with Crippen molar-refractivity contribution in [3.63, 3.8) is 0 Å². The molecule has 162 valence electrons. The number of hydrogen-bond acceptors (Lipinski definition) is 7. The molecule has 4 rings (SSSR count).